The van der Waals surface area contributed by atoms with Crippen LogP contribution in [0.25, 0.3) is 0 Å². The maximum atomic E-state index is 12.0. The number of nitrogens with one attached hydrogen (secondary N) is 3. The fraction of sp³-hybridized carbons (Fsp3) is 0.467. The highest BCUT2D eigenvalue weighted by Crippen LogP contribution is 2.14. The van der Waals surface area contributed by atoms with E-state index in [2.05, 4.69) is 16.1 Å². The van der Waals surface area contributed by atoms with Gasteiger partial charge in [0.25, 0.3) is 5.91 Å². The first-order chi connectivity index (χ1) is 9.97. The number of nitrogen functional groups attached to an aromatic ring is 1. The SMILES string of the molecule is CCC(C)NC(=O)CCNC(=O)c1ccc(NN)cc1C. The van der Waals surface area contributed by atoms with Gasteiger partial charge in [-0.2, -0.15) is 0 Å². The molecule has 1 atom stereocenters. The molecule has 0 aromatic heterocycles. The molecule has 0 spiro atoms. The van der Waals surface area contributed by atoms with Crippen LogP contribution in [-0.4, -0.2) is 24.4 Å². The van der Waals surface area contributed by atoms with Crippen molar-refractivity contribution in [2.75, 3.05) is 12.0 Å². The third-order valence-electron chi connectivity index (χ3n) is 3.30. The van der Waals surface area contributed by atoms with Crippen molar-refractivity contribution in [2.45, 2.75) is 39.7 Å². The van der Waals surface area contributed by atoms with Gasteiger partial charge in [0.05, 0.1) is 0 Å². The zero-order valence-corrected chi connectivity index (χ0v) is 12.8. The van der Waals surface area contributed by atoms with Gasteiger partial charge in [0.15, 0.2) is 0 Å². The third kappa shape index (κ3) is 5.43. The molecule has 1 aromatic carbocycles. The van der Waals surface area contributed by atoms with Gasteiger partial charge in [-0.3, -0.25) is 15.4 Å². The molecule has 0 fully saturated rings. The van der Waals surface area contributed by atoms with Gasteiger partial charge >= 0.3 is 0 Å². The Bertz CT molecular complexity index is 502. The molecule has 0 bridgehead atoms. The van der Waals surface area contributed by atoms with Crippen molar-refractivity contribution in [3.05, 3.63) is 29.3 Å². The molecule has 0 radical (unpaired) electrons. The molecular weight excluding hydrogens is 268 g/mol. The average Bonchev–Trinajstić information content (AvgIpc) is 2.46. The zero-order chi connectivity index (χ0) is 15.8. The molecule has 1 unspecified atom stereocenters. The normalized spacial score (nSPS) is 11.6. The molecule has 6 nitrogen and oxygen atoms in total. The van der Waals surface area contributed by atoms with E-state index in [0.29, 0.717) is 12.1 Å². The molecule has 0 aliphatic heterocycles. The maximum absolute atomic E-state index is 12.0. The van der Waals surface area contributed by atoms with Gasteiger partial charge in [0, 0.05) is 30.3 Å². The quantitative estimate of drug-likeness (QED) is 0.450. The van der Waals surface area contributed by atoms with Gasteiger partial charge in [-0.1, -0.05) is 6.92 Å². The summed E-state index contributed by atoms with van der Waals surface area (Å²) in [6.07, 6.45) is 1.16. The Labute approximate surface area is 125 Å². The standard InChI is InChI=1S/C15H24N4O2/c1-4-11(3)18-14(20)7-8-17-15(21)13-6-5-12(19-16)9-10(13)2/h5-6,9,11,19H,4,7-8,16H2,1-3H3,(H,17,21)(H,18,20). The lowest BCUT2D eigenvalue weighted by atomic mass is 10.1. The first-order valence-electron chi connectivity index (χ1n) is 7.12. The third-order valence-corrected chi connectivity index (χ3v) is 3.30. The Hall–Kier alpha value is -2.08. The molecule has 1 aromatic rings. The molecule has 2 amide bonds. The average molecular weight is 292 g/mol. The summed E-state index contributed by atoms with van der Waals surface area (Å²) >= 11 is 0. The summed E-state index contributed by atoms with van der Waals surface area (Å²) in [7, 11) is 0. The zero-order valence-electron chi connectivity index (χ0n) is 12.8. The molecule has 0 aliphatic carbocycles. The number of carbonyl (C=O) groups is 2. The largest absolute Gasteiger partial charge is 0.354 e. The highest BCUT2D eigenvalue weighted by Gasteiger charge is 2.10. The summed E-state index contributed by atoms with van der Waals surface area (Å²) in [6, 6.07) is 5.40. The number of anilines is 1. The minimum absolute atomic E-state index is 0.0518. The molecule has 1 rings (SSSR count). The second-order valence-electron chi connectivity index (χ2n) is 5.06. The number of rotatable bonds is 7. The first kappa shape index (κ1) is 17.0. The van der Waals surface area contributed by atoms with Crippen molar-refractivity contribution in [1.29, 1.82) is 0 Å². The predicted molar refractivity (Wildman–Crippen MR) is 83.8 cm³/mol. The topological polar surface area (TPSA) is 96.2 Å². The molecule has 5 N–H and O–H groups in total. The van der Waals surface area contributed by atoms with Crippen LogP contribution in [0.4, 0.5) is 5.69 Å². The van der Waals surface area contributed by atoms with Crippen LogP contribution in [0.15, 0.2) is 18.2 Å². The van der Waals surface area contributed by atoms with Crippen LogP contribution >= 0.6 is 0 Å². The number of amides is 2. The number of hydrogen-bond donors (Lipinski definition) is 4. The van der Waals surface area contributed by atoms with Gasteiger partial charge in [-0.05, 0) is 44.0 Å². The monoisotopic (exact) mass is 292 g/mol. The van der Waals surface area contributed by atoms with Crippen LogP contribution in [0.1, 0.15) is 42.6 Å². The van der Waals surface area contributed by atoms with E-state index in [9.17, 15) is 9.59 Å². The Morgan fingerprint density at radius 1 is 1.33 bits per heavy atom. The fourth-order valence-corrected chi connectivity index (χ4v) is 1.84. The number of aryl methyl sites for hydroxylation is 1. The fourth-order valence-electron chi connectivity index (χ4n) is 1.84. The lowest BCUT2D eigenvalue weighted by Crippen LogP contribution is -2.35. The minimum atomic E-state index is -0.188. The lowest BCUT2D eigenvalue weighted by molar-refractivity contribution is -0.121. The number of carbonyl (C=O) groups excluding carboxylic acids is 2. The highest BCUT2D eigenvalue weighted by molar-refractivity contribution is 5.96. The second kappa shape index (κ2) is 8.26. The summed E-state index contributed by atoms with van der Waals surface area (Å²) in [6.45, 7) is 6.12. The highest BCUT2D eigenvalue weighted by atomic mass is 16.2. The van der Waals surface area contributed by atoms with Crippen LogP contribution in [0.2, 0.25) is 0 Å². The van der Waals surface area contributed by atoms with Crippen molar-refractivity contribution < 1.29 is 9.59 Å². The molecular formula is C15H24N4O2. The number of nitrogens with two attached hydrogens (primary N) is 1. The van der Waals surface area contributed by atoms with Crippen molar-refractivity contribution >= 4 is 17.5 Å². The lowest BCUT2D eigenvalue weighted by Gasteiger charge is -2.12. The molecule has 21 heavy (non-hydrogen) atoms. The number of hydrogen-bond acceptors (Lipinski definition) is 4. The molecule has 0 saturated carbocycles. The van der Waals surface area contributed by atoms with Gasteiger partial charge in [0.1, 0.15) is 0 Å². The van der Waals surface area contributed by atoms with E-state index >= 15 is 0 Å². The smallest absolute Gasteiger partial charge is 0.251 e. The van der Waals surface area contributed by atoms with E-state index in [4.69, 9.17) is 5.84 Å². The summed E-state index contributed by atoms with van der Waals surface area (Å²) in [5.74, 6) is 5.08. The number of benzene rings is 1. The van der Waals surface area contributed by atoms with Crippen LogP contribution in [0, 0.1) is 6.92 Å². The van der Waals surface area contributed by atoms with Gasteiger partial charge in [0.2, 0.25) is 5.91 Å². The second-order valence-corrected chi connectivity index (χ2v) is 5.06. The van der Waals surface area contributed by atoms with Crippen LogP contribution in [0.3, 0.4) is 0 Å². The van der Waals surface area contributed by atoms with Crippen molar-refractivity contribution in [3.8, 4) is 0 Å². The summed E-state index contributed by atoms with van der Waals surface area (Å²) in [5, 5.41) is 5.61. The van der Waals surface area contributed by atoms with Crippen molar-refractivity contribution in [1.82, 2.24) is 10.6 Å². The Morgan fingerprint density at radius 2 is 2.05 bits per heavy atom. The number of hydrazine groups is 1. The molecule has 6 heteroatoms. The summed E-state index contributed by atoms with van der Waals surface area (Å²) < 4.78 is 0. The maximum Gasteiger partial charge on any atom is 0.251 e. The van der Waals surface area contributed by atoms with E-state index in [0.717, 1.165) is 17.7 Å². The Morgan fingerprint density at radius 3 is 2.62 bits per heavy atom. The van der Waals surface area contributed by atoms with E-state index in [1.54, 1.807) is 18.2 Å². The van der Waals surface area contributed by atoms with Crippen molar-refractivity contribution in [2.24, 2.45) is 5.84 Å². The van der Waals surface area contributed by atoms with Crippen LogP contribution in [-0.2, 0) is 4.79 Å². The predicted octanol–water partition coefficient (Wildman–Crippen LogP) is 1.32. The van der Waals surface area contributed by atoms with E-state index in [-0.39, 0.29) is 24.3 Å². The van der Waals surface area contributed by atoms with Crippen molar-refractivity contribution in [3.63, 3.8) is 0 Å². The van der Waals surface area contributed by atoms with Crippen LogP contribution < -0.4 is 21.9 Å². The van der Waals surface area contributed by atoms with Gasteiger partial charge in [-0.25, -0.2) is 0 Å². The minimum Gasteiger partial charge on any atom is -0.354 e. The molecule has 0 heterocycles. The van der Waals surface area contributed by atoms with E-state index in [1.807, 2.05) is 20.8 Å². The molecule has 0 aliphatic rings. The molecule has 116 valence electrons. The van der Waals surface area contributed by atoms with E-state index < -0.39 is 0 Å². The van der Waals surface area contributed by atoms with E-state index in [1.165, 1.54) is 0 Å². The summed E-state index contributed by atoms with van der Waals surface area (Å²) in [4.78, 5) is 23.6. The summed E-state index contributed by atoms with van der Waals surface area (Å²) in [5.41, 5.74) is 4.68. The van der Waals surface area contributed by atoms with Gasteiger partial charge < -0.3 is 16.1 Å². The Balaban J connectivity index is 2.46. The first-order valence-corrected chi connectivity index (χ1v) is 7.12. The molecule has 0 saturated heterocycles. The van der Waals surface area contributed by atoms with Gasteiger partial charge in [-0.15, -0.1) is 0 Å². The Kier molecular flexibility index (Phi) is 6.68. The van der Waals surface area contributed by atoms with Crippen LogP contribution in [0.5, 0.6) is 0 Å².